The molecular weight excluding hydrogens is 624 g/mol. The topological polar surface area (TPSA) is 66.4 Å². The standard InChI is InChI=1S/C44H50O6/c1-3-44(2,45)43(50-33-39-27-17-8-18-28-39)42(49-32-38-25-15-7-16-26-38)41(48-31-37-23-13-6-14-24-37)40(47-30-36-21-11-5-12-22-36)34-46-29-35-19-9-4-10-20-35/h4-28,40-43,45H,3,29-34H2,1-2H3/t40-,41?,42?,43?,44?/m1/s1. The minimum absolute atomic E-state index is 0.228. The summed E-state index contributed by atoms with van der Waals surface area (Å²) in [6, 6.07) is 50.2. The average molecular weight is 675 g/mol. The zero-order valence-corrected chi connectivity index (χ0v) is 29.2. The van der Waals surface area contributed by atoms with Crippen LogP contribution in [0, 0.1) is 0 Å². The van der Waals surface area contributed by atoms with Crippen molar-refractivity contribution in [3.8, 4) is 0 Å². The molecule has 0 amide bonds. The SMILES string of the molecule is CCC(C)(O)C(OCc1ccccc1)C(OCc1ccccc1)C(OCc1ccccc1)[C@@H](COCc1ccccc1)OCc1ccccc1. The second-order valence-electron chi connectivity index (χ2n) is 12.8. The third-order valence-corrected chi connectivity index (χ3v) is 8.86. The van der Waals surface area contributed by atoms with Crippen LogP contribution in [-0.2, 0) is 56.7 Å². The lowest BCUT2D eigenvalue weighted by Crippen LogP contribution is -2.58. The zero-order valence-electron chi connectivity index (χ0n) is 29.2. The molecule has 0 aromatic heterocycles. The molecule has 0 saturated heterocycles. The fourth-order valence-electron chi connectivity index (χ4n) is 5.77. The Balaban J connectivity index is 1.52. The molecule has 262 valence electrons. The van der Waals surface area contributed by atoms with Gasteiger partial charge in [0.2, 0.25) is 0 Å². The second-order valence-corrected chi connectivity index (χ2v) is 12.8. The van der Waals surface area contributed by atoms with Crippen molar-refractivity contribution in [3.63, 3.8) is 0 Å². The van der Waals surface area contributed by atoms with Crippen molar-refractivity contribution in [1.82, 2.24) is 0 Å². The molecule has 0 aliphatic rings. The first-order valence-corrected chi connectivity index (χ1v) is 17.5. The van der Waals surface area contributed by atoms with Gasteiger partial charge in [0, 0.05) is 0 Å². The van der Waals surface area contributed by atoms with Crippen molar-refractivity contribution in [2.24, 2.45) is 0 Å². The summed E-state index contributed by atoms with van der Waals surface area (Å²) < 4.78 is 33.6. The van der Waals surface area contributed by atoms with Crippen molar-refractivity contribution >= 4 is 0 Å². The van der Waals surface area contributed by atoms with Crippen LogP contribution in [0.25, 0.3) is 0 Å². The predicted molar refractivity (Wildman–Crippen MR) is 197 cm³/mol. The quantitative estimate of drug-likeness (QED) is 0.0840. The summed E-state index contributed by atoms with van der Waals surface area (Å²) in [7, 11) is 0. The third kappa shape index (κ3) is 11.7. The highest BCUT2D eigenvalue weighted by Crippen LogP contribution is 2.30. The largest absolute Gasteiger partial charge is 0.387 e. The minimum Gasteiger partial charge on any atom is -0.387 e. The van der Waals surface area contributed by atoms with E-state index in [1.165, 1.54) is 0 Å². The monoisotopic (exact) mass is 674 g/mol. The van der Waals surface area contributed by atoms with E-state index in [-0.39, 0.29) is 19.8 Å². The lowest BCUT2D eigenvalue weighted by molar-refractivity contribution is -0.232. The van der Waals surface area contributed by atoms with Crippen LogP contribution in [0.3, 0.4) is 0 Å². The fraction of sp³-hybridized carbons (Fsp3) is 0.318. The van der Waals surface area contributed by atoms with Crippen LogP contribution in [0.2, 0.25) is 0 Å². The number of aliphatic hydroxyl groups is 1. The van der Waals surface area contributed by atoms with Crippen molar-refractivity contribution < 1.29 is 28.8 Å². The number of hydrogen-bond donors (Lipinski definition) is 1. The van der Waals surface area contributed by atoms with E-state index < -0.39 is 30.0 Å². The first kappa shape index (κ1) is 37.1. The molecule has 0 heterocycles. The normalized spacial score (nSPS) is 15.1. The predicted octanol–water partition coefficient (Wildman–Crippen LogP) is 8.71. The van der Waals surface area contributed by atoms with Gasteiger partial charge in [0.25, 0.3) is 0 Å². The van der Waals surface area contributed by atoms with Gasteiger partial charge in [-0.05, 0) is 41.2 Å². The van der Waals surface area contributed by atoms with E-state index in [9.17, 15) is 5.11 Å². The molecule has 5 aromatic rings. The molecule has 6 nitrogen and oxygen atoms in total. The summed E-state index contributed by atoms with van der Waals surface area (Å²) in [4.78, 5) is 0. The van der Waals surface area contributed by atoms with Gasteiger partial charge >= 0.3 is 0 Å². The van der Waals surface area contributed by atoms with E-state index in [0.29, 0.717) is 26.2 Å². The first-order chi connectivity index (χ1) is 24.5. The summed E-state index contributed by atoms with van der Waals surface area (Å²) in [6.07, 6.45) is -2.38. The molecule has 5 aromatic carbocycles. The van der Waals surface area contributed by atoms with Gasteiger partial charge in [-0.2, -0.15) is 0 Å². The van der Waals surface area contributed by atoms with Crippen molar-refractivity contribution in [3.05, 3.63) is 179 Å². The minimum atomic E-state index is -1.26. The maximum Gasteiger partial charge on any atom is 0.116 e. The van der Waals surface area contributed by atoms with Gasteiger partial charge in [0.1, 0.15) is 24.4 Å². The number of hydrogen-bond acceptors (Lipinski definition) is 6. The maximum atomic E-state index is 12.0. The highest BCUT2D eigenvalue weighted by molar-refractivity contribution is 5.17. The van der Waals surface area contributed by atoms with Crippen LogP contribution in [-0.4, -0.2) is 41.7 Å². The van der Waals surface area contributed by atoms with Crippen LogP contribution in [0.15, 0.2) is 152 Å². The van der Waals surface area contributed by atoms with Crippen LogP contribution >= 0.6 is 0 Å². The number of ether oxygens (including phenoxy) is 5. The number of benzene rings is 5. The molecule has 0 saturated carbocycles. The molecule has 0 fully saturated rings. The average Bonchev–Trinajstić information content (AvgIpc) is 3.17. The molecule has 0 bridgehead atoms. The lowest BCUT2D eigenvalue weighted by Gasteiger charge is -2.42. The van der Waals surface area contributed by atoms with E-state index >= 15 is 0 Å². The van der Waals surface area contributed by atoms with Crippen LogP contribution in [0.1, 0.15) is 48.1 Å². The van der Waals surface area contributed by atoms with E-state index in [1.54, 1.807) is 0 Å². The van der Waals surface area contributed by atoms with Crippen LogP contribution in [0.5, 0.6) is 0 Å². The van der Waals surface area contributed by atoms with E-state index in [2.05, 4.69) is 0 Å². The van der Waals surface area contributed by atoms with Crippen LogP contribution in [0.4, 0.5) is 0 Å². The Kier molecular flexibility index (Phi) is 14.8. The summed E-state index contributed by atoms with van der Waals surface area (Å²) in [6.45, 7) is 5.63. The summed E-state index contributed by atoms with van der Waals surface area (Å²) in [5.41, 5.74) is 3.83. The highest BCUT2D eigenvalue weighted by Gasteiger charge is 2.46. The van der Waals surface area contributed by atoms with Gasteiger partial charge in [0.05, 0.1) is 45.2 Å². The lowest BCUT2D eigenvalue weighted by atomic mass is 9.87. The molecule has 0 radical (unpaired) electrons. The highest BCUT2D eigenvalue weighted by atomic mass is 16.6. The molecule has 1 N–H and O–H groups in total. The van der Waals surface area contributed by atoms with E-state index in [4.69, 9.17) is 23.7 Å². The van der Waals surface area contributed by atoms with Crippen molar-refractivity contribution in [2.75, 3.05) is 6.61 Å². The van der Waals surface area contributed by atoms with E-state index in [0.717, 1.165) is 27.8 Å². The Hall–Kier alpha value is -4.14. The summed E-state index contributed by atoms with van der Waals surface area (Å²) in [5, 5.41) is 12.0. The molecule has 50 heavy (non-hydrogen) atoms. The fourth-order valence-corrected chi connectivity index (χ4v) is 5.77. The zero-order chi connectivity index (χ0) is 34.9. The van der Waals surface area contributed by atoms with Gasteiger partial charge in [0.15, 0.2) is 0 Å². The molecule has 5 atom stereocenters. The van der Waals surface area contributed by atoms with Gasteiger partial charge in [-0.25, -0.2) is 0 Å². The van der Waals surface area contributed by atoms with Gasteiger partial charge in [-0.15, -0.1) is 0 Å². The molecular formula is C44H50O6. The molecule has 0 spiro atoms. The molecule has 6 heteroatoms. The molecule has 0 aliphatic carbocycles. The van der Waals surface area contributed by atoms with Gasteiger partial charge in [-0.1, -0.05) is 159 Å². The van der Waals surface area contributed by atoms with Crippen LogP contribution < -0.4 is 0 Å². The van der Waals surface area contributed by atoms with Gasteiger partial charge < -0.3 is 28.8 Å². The molecule has 5 rings (SSSR count). The maximum absolute atomic E-state index is 12.0. The number of rotatable bonds is 21. The van der Waals surface area contributed by atoms with Crippen molar-refractivity contribution in [1.29, 1.82) is 0 Å². The second kappa shape index (κ2) is 19.9. The molecule has 4 unspecified atom stereocenters. The third-order valence-electron chi connectivity index (χ3n) is 8.86. The Bertz CT molecular complexity index is 1600. The smallest absolute Gasteiger partial charge is 0.116 e. The van der Waals surface area contributed by atoms with Crippen molar-refractivity contribution in [2.45, 2.75) is 83.3 Å². The summed E-state index contributed by atoms with van der Waals surface area (Å²) >= 11 is 0. The summed E-state index contributed by atoms with van der Waals surface area (Å²) in [5.74, 6) is 0. The first-order valence-electron chi connectivity index (χ1n) is 17.5. The van der Waals surface area contributed by atoms with E-state index in [1.807, 2.05) is 166 Å². The Morgan fingerprint density at radius 3 is 1.20 bits per heavy atom. The van der Waals surface area contributed by atoms with Gasteiger partial charge in [-0.3, -0.25) is 0 Å². The Morgan fingerprint density at radius 1 is 0.460 bits per heavy atom. The Labute approximate surface area is 297 Å². The Morgan fingerprint density at radius 2 is 0.800 bits per heavy atom. The molecule has 0 aliphatic heterocycles.